The maximum atomic E-state index is 10.2. The number of hydrogen-bond donors (Lipinski definition) is 2. The van der Waals surface area contributed by atoms with Crippen LogP contribution < -0.4 is 4.68 Å². The van der Waals surface area contributed by atoms with Gasteiger partial charge in [-0.3, -0.25) is 0 Å². The number of H-pyrrole nitrogens is 1. The lowest BCUT2D eigenvalue weighted by Crippen LogP contribution is -2.37. The molecule has 126 valence electrons. The lowest BCUT2D eigenvalue weighted by molar-refractivity contribution is -0.750. The van der Waals surface area contributed by atoms with Gasteiger partial charge >= 0.3 is 0 Å². The predicted octanol–water partition coefficient (Wildman–Crippen LogP) is 4.70. The Balaban J connectivity index is 1.96. The quantitative estimate of drug-likeness (QED) is 0.671. The number of aromatic hydroxyl groups is 1. The molecule has 3 rings (SSSR count). The van der Waals surface area contributed by atoms with Crippen molar-refractivity contribution in [2.24, 2.45) is 0 Å². The molecule has 1 heterocycles. The van der Waals surface area contributed by atoms with E-state index < -0.39 is 0 Å². The molecular formula is C21H27N2O+. The third-order valence-corrected chi connectivity index (χ3v) is 4.81. The van der Waals surface area contributed by atoms with Crippen LogP contribution >= 0.6 is 0 Å². The zero-order valence-electron chi connectivity index (χ0n) is 15.2. The summed E-state index contributed by atoms with van der Waals surface area (Å²) >= 11 is 0. The first kappa shape index (κ1) is 16.6. The van der Waals surface area contributed by atoms with Crippen molar-refractivity contribution < 1.29 is 9.79 Å². The van der Waals surface area contributed by atoms with Crippen molar-refractivity contribution in [2.45, 2.75) is 53.0 Å². The van der Waals surface area contributed by atoms with E-state index in [0.29, 0.717) is 11.7 Å². The average molecular weight is 323 g/mol. The fourth-order valence-corrected chi connectivity index (χ4v) is 3.62. The minimum absolute atomic E-state index is 0.228. The molecule has 2 aromatic carbocycles. The van der Waals surface area contributed by atoms with E-state index in [9.17, 15) is 5.11 Å². The Labute approximate surface area is 143 Å². The number of aromatic amines is 1. The first-order chi connectivity index (χ1) is 11.4. The van der Waals surface area contributed by atoms with Crippen LogP contribution in [0.4, 0.5) is 0 Å². The van der Waals surface area contributed by atoms with Gasteiger partial charge in [-0.15, -0.1) is 4.68 Å². The van der Waals surface area contributed by atoms with Gasteiger partial charge in [-0.05, 0) is 43.0 Å². The molecule has 0 saturated carbocycles. The molecule has 1 aromatic heterocycles. The molecule has 1 unspecified atom stereocenters. The average Bonchev–Trinajstić information content (AvgIpc) is 2.91. The molecule has 0 fully saturated rings. The number of benzene rings is 2. The Kier molecular flexibility index (Phi) is 4.35. The summed E-state index contributed by atoms with van der Waals surface area (Å²) in [7, 11) is 0. The largest absolute Gasteiger partial charge is 0.508 e. The van der Waals surface area contributed by atoms with Gasteiger partial charge in [-0.2, -0.15) is 5.10 Å². The normalized spacial score (nSPS) is 12.9. The topological polar surface area (TPSA) is 39.9 Å². The zero-order chi connectivity index (χ0) is 17.4. The van der Waals surface area contributed by atoms with Gasteiger partial charge in [0.1, 0.15) is 11.3 Å². The summed E-state index contributed by atoms with van der Waals surface area (Å²) in [5, 5.41) is 15.0. The maximum absolute atomic E-state index is 10.2. The number of hydrogen-bond acceptors (Lipinski definition) is 1. The van der Waals surface area contributed by atoms with E-state index in [-0.39, 0.29) is 5.92 Å². The second kappa shape index (κ2) is 6.31. The molecule has 24 heavy (non-hydrogen) atoms. The summed E-state index contributed by atoms with van der Waals surface area (Å²) in [6.45, 7) is 11.7. The standard InChI is InChI=1S/C21H26N2O/c1-13(2)20-15(4)7-8-17-12-23(22-21(17)20)11-16(5)18-10-14(3)6-9-19(18)24/h6-10,12-13,16,24H,11H2,1-5H3/p+1. The third kappa shape index (κ3) is 3.03. The van der Waals surface area contributed by atoms with Crippen LogP contribution in [0, 0.1) is 13.8 Å². The molecule has 2 N–H and O–H groups in total. The highest BCUT2D eigenvalue weighted by Crippen LogP contribution is 2.28. The molecule has 3 nitrogen and oxygen atoms in total. The number of nitrogens with zero attached hydrogens (tertiary/aromatic N) is 1. The fraction of sp³-hybridized carbons (Fsp3) is 0.381. The van der Waals surface area contributed by atoms with E-state index >= 15 is 0 Å². The minimum atomic E-state index is 0.228. The van der Waals surface area contributed by atoms with Crippen LogP contribution in [-0.4, -0.2) is 10.2 Å². The van der Waals surface area contributed by atoms with Crippen molar-refractivity contribution in [3.8, 4) is 5.75 Å². The van der Waals surface area contributed by atoms with Gasteiger partial charge in [0.25, 0.3) is 0 Å². The van der Waals surface area contributed by atoms with E-state index in [0.717, 1.165) is 12.1 Å². The van der Waals surface area contributed by atoms with E-state index in [1.807, 2.05) is 6.07 Å². The lowest BCUT2D eigenvalue weighted by atomic mass is 9.96. The third-order valence-electron chi connectivity index (χ3n) is 4.81. The zero-order valence-corrected chi connectivity index (χ0v) is 15.2. The van der Waals surface area contributed by atoms with Crippen LogP contribution in [-0.2, 0) is 6.54 Å². The Morgan fingerprint density at radius 1 is 1.08 bits per heavy atom. The van der Waals surface area contributed by atoms with Gasteiger partial charge in [-0.1, -0.05) is 44.5 Å². The minimum Gasteiger partial charge on any atom is -0.508 e. The number of phenolic OH excluding ortho intramolecular Hbond substituents is 1. The Bertz CT molecular complexity index is 877. The van der Waals surface area contributed by atoms with Gasteiger partial charge in [0, 0.05) is 11.5 Å². The van der Waals surface area contributed by atoms with Crippen LogP contribution in [0.5, 0.6) is 5.75 Å². The monoisotopic (exact) mass is 323 g/mol. The number of nitrogens with one attached hydrogen (secondary N) is 1. The van der Waals surface area contributed by atoms with Crippen molar-refractivity contribution in [1.29, 1.82) is 0 Å². The van der Waals surface area contributed by atoms with Gasteiger partial charge < -0.3 is 5.11 Å². The molecular weight excluding hydrogens is 296 g/mol. The van der Waals surface area contributed by atoms with Gasteiger partial charge in [0.05, 0.1) is 5.39 Å². The Morgan fingerprint density at radius 3 is 2.54 bits per heavy atom. The summed E-state index contributed by atoms with van der Waals surface area (Å²) in [4.78, 5) is 0. The molecule has 1 atom stereocenters. The molecule has 3 aromatic rings. The highest BCUT2D eigenvalue weighted by Gasteiger charge is 2.20. The SMILES string of the molecule is Cc1ccc(O)c(C(C)C[n+]2cc3ccc(C)c(C(C)C)c3[nH]2)c1. The summed E-state index contributed by atoms with van der Waals surface area (Å²) in [6, 6.07) is 10.2. The van der Waals surface area contributed by atoms with Crippen molar-refractivity contribution in [3.05, 3.63) is 58.8 Å². The summed E-state index contributed by atoms with van der Waals surface area (Å²) in [5.41, 5.74) is 6.12. The summed E-state index contributed by atoms with van der Waals surface area (Å²) in [6.07, 6.45) is 2.17. The molecule has 0 spiro atoms. The van der Waals surface area contributed by atoms with Crippen LogP contribution in [0.25, 0.3) is 10.9 Å². The van der Waals surface area contributed by atoms with E-state index in [2.05, 4.69) is 68.8 Å². The molecule has 3 heteroatoms. The highest BCUT2D eigenvalue weighted by molar-refractivity contribution is 5.82. The predicted molar refractivity (Wildman–Crippen MR) is 98.6 cm³/mol. The number of fused-ring (bicyclic) bond motifs is 1. The first-order valence-corrected chi connectivity index (χ1v) is 8.68. The van der Waals surface area contributed by atoms with Crippen LogP contribution in [0.1, 0.15) is 54.9 Å². The summed E-state index contributed by atoms with van der Waals surface area (Å²) in [5.74, 6) is 1.09. The fourth-order valence-electron chi connectivity index (χ4n) is 3.62. The molecule has 0 saturated heterocycles. The Morgan fingerprint density at radius 2 is 1.83 bits per heavy atom. The number of aromatic nitrogens is 2. The molecule has 0 bridgehead atoms. The summed E-state index contributed by atoms with van der Waals surface area (Å²) < 4.78 is 2.14. The van der Waals surface area contributed by atoms with Crippen molar-refractivity contribution in [3.63, 3.8) is 0 Å². The van der Waals surface area contributed by atoms with E-state index in [1.54, 1.807) is 6.07 Å². The number of phenols is 1. The van der Waals surface area contributed by atoms with Gasteiger partial charge in [0.15, 0.2) is 6.54 Å². The van der Waals surface area contributed by atoms with Crippen molar-refractivity contribution in [2.75, 3.05) is 0 Å². The maximum Gasteiger partial charge on any atom is 0.203 e. The molecule has 0 radical (unpaired) electrons. The second-order valence-corrected chi connectivity index (χ2v) is 7.27. The Hall–Kier alpha value is -2.29. The smallest absolute Gasteiger partial charge is 0.203 e. The van der Waals surface area contributed by atoms with E-state index in [1.165, 1.54) is 27.6 Å². The number of aryl methyl sites for hydroxylation is 2. The van der Waals surface area contributed by atoms with Crippen LogP contribution in [0.3, 0.4) is 0 Å². The van der Waals surface area contributed by atoms with Crippen LogP contribution in [0.2, 0.25) is 0 Å². The van der Waals surface area contributed by atoms with E-state index in [4.69, 9.17) is 0 Å². The van der Waals surface area contributed by atoms with Crippen molar-refractivity contribution >= 4 is 10.9 Å². The van der Waals surface area contributed by atoms with Crippen molar-refractivity contribution in [1.82, 2.24) is 5.10 Å². The second-order valence-electron chi connectivity index (χ2n) is 7.27. The van der Waals surface area contributed by atoms with Gasteiger partial charge in [-0.25, -0.2) is 0 Å². The number of rotatable bonds is 4. The lowest BCUT2D eigenvalue weighted by Gasteiger charge is -2.11. The highest BCUT2D eigenvalue weighted by atomic mass is 16.3. The first-order valence-electron chi connectivity index (χ1n) is 8.68. The molecule has 0 amide bonds. The molecule has 0 aliphatic heterocycles. The molecule has 0 aliphatic rings. The van der Waals surface area contributed by atoms with Crippen LogP contribution in [0.15, 0.2) is 36.5 Å². The van der Waals surface area contributed by atoms with Gasteiger partial charge in [0.2, 0.25) is 6.20 Å². The molecule has 0 aliphatic carbocycles.